The van der Waals surface area contributed by atoms with Gasteiger partial charge in [-0.2, -0.15) is 0 Å². The van der Waals surface area contributed by atoms with Crippen molar-refractivity contribution in [2.24, 2.45) is 5.41 Å². The normalized spacial score (nSPS) is 11.1. The molecule has 0 fully saturated rings. The van der Waals surface area contributed by atoms with Crippen molar-refractivity contribution in [3.63, 3.8) is 0 Å². The molecule has 1 N–H and O–H groups in total. The van der Waals surface area contributed by atoms with Gasteiger partial charge in [0.1, 0.15) is 0 Å². The molecule has 0 bridgehead atoms. The van der Waals surface area contributed by atoms with E-state index in [0.29, 0.717) is 5.41 Å². The minimum atomic E-state index is -0.0687. The molecular weight excluding hydrogens is 174 g/mol. The Balaban J connectivity index is 3.22. The molecule has 0 atom stereocenters. The van der Waals surface area contributed by atoms with Gasteiger partial charge >= 0.3 is 0 Å². The molecule has 0 saturated heterocycles. The number of carbonyl (C=O) groups excluding carboxylic acids is 1. The van der Waals surface area contributed by atoms with Gasteiger partial charge in [-0.15, -0.1) is 0 Å². The Morgan fingerprint density at radius 3 is 2.43 bits per heavy atom. The van der Waals surface area contributed by atoms with Crippen LogP contribution < -0.4 is 5.32 Å². The van der Waals surface area contributed by atoms with Crippen LogP contribution in [-0.2, 0) is 4.79 Å². The first kappa shape index (κ1) is 13.2. The molecule has 0 spiro atoms. The molecular formula is C12H23NO. The van der Waals surface area contributed by atoms with Crippen LogP contribution in [0.3, 0.4) is 0 Å². The van der Waals surface area contributed by atoms with E-state index in [1.54, 1.807) is 0 Å². The maximum absolute atomic E-state index is 10.8. The summed E-state index contributed by atoms with van der Waals surface area (Å²) < 4.78 is 0. The van der Waals surface area contributed by atoms with Crippen molar-refractivity contribution in [2.75, 3.05) is 6.54 Å². The summed E-state index contributed by atoms with van der Waals surface area (Å²) in [5.41, 5.74) is 0.435. The van der Waals surface area contributed by atoms with Crippen molar-refractivity contribution in [1.29, 1.82) is 0 Å². The molecule has 0 rings (SSSR count). The van der Waals surface area contributed by atoms with E-state index >= 15 is 0 Å². The zero-order chi connectivity index (χ0) is 11.0. The Bertz CT molecular complexity index is 179. The SMILES string of the molecule is C=CC(=O)NCCCCCC(C)(C)C. The van der Waals surface area contributed by atoms with Crippen molar-refractivity contribution in [3.8, 4) is 0 Å². The second-order valence-electron chi connectivity index (χ2n) is 4.87. The van der Waals surface area contributed by atoms with E-state index in [2.05, 4.69) is 32.7 Å². The van der Waals surface area contributed by atoms with Gasteiger partial charge in [0.25, 0.3) is 0 Å². The summed E-state index contributed by atoms with van der Waals surface area (Å²) in [4.78, 5) is 10.8. The zero-order valence-electron chi connectivity index (χ0n) is 9.73. The number of amides is 1. The highest BCUT2D eigenvalue weighted by Gasteiger charge is 2.08. The minimum absolute atomic E-state index is 0.0687. The summed E-state index contributed by atoms with van der Waals surface area (Å²) in [5.74, 6) is -0.0687. The van der Waals surface area contributed by atoms with E-state index in [-0.39, 0.29) is 5.91 Å². The Morgan fingerprint density at radius 1 is 1.29 bits per heavy atom. The van der Waals surface area contributed by atoms with Crippen molar-refractivity contribution in [2.45, 2.75) is 46.5 Å². The first-order valence-electron chi connectivity index (χ1n) is 5.36. The first-order chi connectivity index (χ1) is 6.45. The average Bonchev–Trinajstić information content (AvgIpc) is 2.08. The predicted molar refractivity (Wildman–Crippen MR) is 61.1 cm³/mol. The molecule has 0 aliphatic heterocycles. The molecule has 14 heavy (non-hydrogen) atoms. The lowest BCUT2D eigenvalue weighted by Crippen LogP contribution is -2.21. The zero-order valence-corrected chi connectivity index (χ0v) is 9.73. The lowest BCUT2D eigenvalue weighted by atomic mass is 9.89. The molecule has 0 aromatic rings. The standard InChI is InChI=1S/C12H23NO/c1-5-11(14)13-10-8-6-7-9-12(2,3)4/h5H,1,6-10H2,2-4H3,(H,13,14). The first-order valence-corrected chi connectivity index (χ1v) is 5.36. The Morgan fingerprint density at radius 2 is 1.93 bits per heavy atom. The lowest BCUT2D eigenvalue weighted by Gasteiger charge is -2.17. The van der Waals surface area contributed by atoms with Gasteiger partial charge in [0.15, 0.2) is 0 Å². The van der Waals surface area contributed by atoms with Gasteiger partial charge in [-0.25, -0.2) is 0 Å². The van der Waals surface area contributed by atoms with E-state index in [9.17, 15) is 4.79 Å². The number of rotatable bonds is 6. The highest BCUT2D eigenvalue weighted by atomic mass is 16.1. The third kappa shape index (κ3) is 9.30. The number of hydrogen-bond acceptors (Lipinski definition) is 1. The van der Waals surface area contributed by atoms with E-state index < -0.39 is 0 Å². The van der Waals surface area contributed by atoms with Crippen LogP contribution in [0.1, 0.15) is 46.5 Å². The van der Waals surface area contributed by atoms with Crippen LogP contribution in [0, 0.1) is 5.41 Å². The average molecular weight is 197 g/mol. The number of nitrogens with one attached hydrogen (secondary N) is 1. The van der Waals surface area contributed by atoms with Gasteiger partial charge in [0, 0.05) is 6.54 Å². The topological polar surface area (TPSA) is 29.1 Å². The fourth-order valence-electron chi connectivity index (χ4n) is 1.24. The largest absolute Gasteiger partial charge is 0.353 e. The van der Waals surface area contributed by atoms with Crippen LogP contribution in [0.25, 0.3) is 0 Å². The molecule has 0 aliphatic rings. The smallest absolute Gasteiger partial charge is 0.243 e. The van der Waals surface area contributed by atoms with E-state index in [1.165, 1.54) is 25.3 Å². The van der Waals surface area contributed by atoms with Gasteiger partial charge in [-0.1, -0.05) is 40.2 Å². The second-order valence-corrected chi connectivity index (χ2v) is 4.87. The molecule has 1 amide bonds. The van der Waals surface area contributed by atoms with Gasteiger partial charge in [0.05, 0.1) is 0 Å². The monoisotopic (exact) mass is 197 g/mol. The summed E-state index contributed by atoms with van der Waals surface area (Å²) in [7, 11) is 0. The molecule has 2 heteroatoms. The molecule has 0 unspecified atom stereocenters. The molecule has 0 saturated carbocycles. The molecule has 0 aromatic carbocycles. The molecule has 82 valence electrons. The molecule has 0 aliphatic carbocycles. The van der Waals surface area contributed by atoms with Crippen molar-refractivity contribution < 1.29 is 4.79 Å². The summed E-state index contributed by atoms with van der Waals surface area (Å²) in [6.07, 6.45) is 6.06. The highest BCUT2D eigenvalue weighted by Crippen LogP contribution is 2.21. The fourth-order valence-corrected chi connectivity index (χ4v) is 1.24. The van der Waals surface area contributed by atoms with Gasteiger partial charge in [-0.3, -0.25) is 4.79 Å². The van der Waals surface area contributed by atoms with Crippen LogP contribution in [-0.4, -0.2) is 12.5 Å². The van der Waals surface area contributed by atoms with E-state index in [1.807, 2.05) is 0 Å². The Hall–Kier alpha value is -0.790. The second kappa shape index (κ2) is 6.63. The molecule has 0 aromatic heterocycles. The predicted octanol–water partition coefficient (Wildman–Crippen LogP) is 2.90. The maximum atomic E-state index is 10.8. The maximum Gasteiger partial charge on any atom is 0.243 e. The number of unbranched alkanes of at least 4 members (excludes halogenated alkanes) is 2. The number of carbonyl (C=O) groups is 1. The van der Waals surface area contributed by atoms with Gasteiger partial charge in [-0.05, 0) is 24.3 Å². The summed E-state index contributed by atoms with van der Waals surface area (Å²) in [6.45, 7) is 10.9. The van der Waals surface area contributed by atoms with Crippen LogP contribution >= 0.6 is 0 Å². The lowest BCUT2D eigenvalue weighted by molar-refractivity contribution is -0.116. The third-order valence-electron chi connectivity index (χ3n) is 2.09. The minimum Gasteiger partial charge on any atom is -0.353 e. The summed E-state index contributed by atoms with van der Waals surface area (Å²) in [6, 6.07) is 0. The Labute approximate surface area is 87.8 Å². The van der Waals surface area contributed by atoms with Crippen LogP contribution in [0.4, 0.5) is 0 Å². The molecule has 0 radical (unpaired) electrons. The van der Waals surface area contributed by atoms with E-state index in [0.717, 1.165) is 13.0 Å². The van der Waals surface area contributed by atoms with E-state index in [4.69, 9.17) is 0 Å². The third-order valence-corrected chi connectivity index (χ3v) is 2.09. The number of hydrogen-bond donors (Lipinski definition) is 1. The van der Waals surface area contributed by atoms with Crippen LogP contribution in [0.2, 0.25) is 0 Å². The highest BCUT2D eigenvalue weighted by molar-refractivity contribution is 5.86. The van der Waals surface area contributed by atoms with Crippen molar-refractivity contribution in [3.05, 3.63) is 12.7 Å². The van der Waals surface area contributed by atoms with Crippen LogP contribution in [0.15, 0.2) is 12.7 Å². The quantitative estimate of drug-likeness (QED) is 0.515. The van der Waals surface area contributed by atoms with Gasteiger partial charge in [0.2, 0.25) is 5.91 Å². The van der Waals surface area contributed by atoms with Crippen molar-refractivity contribution >= 4 is 5.91 Å². The summed E-state index contributed by atoms with van der Waals surface area (Å²) in [5, 5.41) is 2.77. The fraction of sp³-hybridized carbons (Fsp3) is 0.750. The molecule has 2 nitrogen and oxygen atoms in total. The van der Waals surface area contributed by atoms with Gasteiger partial charge < -0.3 is 5.32 Å². The molecule has 0 heterocycles. The Kier molecular flexibility index (Phi) is 6.26. The van der Waals surface area contributed by atoms with Crippen molar-refractivity contribution in [1.82, 2.24) is 5.32 Å². The summed E-state index contributed by atoms with van der Waals surface area (Å²) >= 11 is 0. The van der Waals surface area contributed by atoms with Crippen LogP contribution in [0.5, 0.6) is 0 Å².